The summed E-state index contributed by atoms with van der Waals surface area (Å²) >= 11 is 1.67. The van der Waals surface area contributed by atoms with Crippen LogP contribution < -0.4 is 11.1 Å². The van der Waals surface area contributed by atoms with Crippen LogP contribution in [0.25, 0.3) is 0 Å². The van der Waals surface area contributed by atoms with Crippen LogP contribution in [0.3, 0.4) is 0 Å². The van der Waals surface area contributed by atoms with Gasteiger partial charge in [-0.25, -0.2) is 0 Å². The van der Waals surface area contributed by atoms with Crippen molar-refractivity contribution in [3.8, 4) is 0 Å². The lowest BCUT2D eigenvalue weighted by Gasteiger charge is -2.08. The first-order valence-electron chi connectivity index (χ1n) is 4.50. The highest BCUT2D eigenvalue weighted by molar-refractivity contribution is 7.99. The molecule has 1 heterocycles. The molecule has 1 atom stereocenters. The monoisotopic (exact) mass is 208 g/mol. The largest absolute Gasteiger partial charge is 0.397 e. The molecule has 3 N–H and O–H groups in total. The van der Waals surface area contributed by atoms with E-state index in [9.17, 15) is 4.79 Å². The van der Waals surface area contributed by atoms with Gasteiger partial charge in [0.15, 0.2) is 0 Å². The Labute approximate surface area is 87.1 Å². The van der Waals surface area contributed by atoms with Crippen LogP contribution in [0.1, 0.15) is 6.92 Å². The van der Waals surface area contributed by atoms with E-state index in [-0.39, 0.29) is 11.8 Å². The smallest absolute Gasteiger partial charge is 0.228 e. The molecule has 3 nitrogen and oxygen atoms in total. The minimum absolute atomic E-state index is 0.0341. The maximum atomic E-state index is 11.5. The number of nitrogens with one attached hydrogen (secondary N) is 1. The first-order valence-corrected chi connectivity index (χ1v) is 5.49. The number of thioether (sulfide) groups is 1. The van der Waals surface area contributed by atoms with Crippen molar-refractivity contribution in [2.75, 3.05) is 16.8 Å². The molecule has 0 fully saturated rings. The summed E-state index contributed by atoms with van der Waals surface area (Å²) in [4.78, 5) is 12.6. The molecule has 0 radical (unpaired) electrons. The minimum atomic E-state index is 0.0341. The van der Waals surface area contributed by atoms with Crippen molar-refractivity contribution in [3.63, 3.8) is 0 Å². The van der Waals surface area contributed by atoms with Gasteiger partial charge in [-0.15, -0.1) is 11.8 Å². The van der Waals surface area contributed by atoms with Crippen molar-refractivity contribution in [3.05, 3.63) is 18.2 Å². The zero-order chi connectivity index (χ0) is 10.1. The maximum absolute atomic E-state index is 11.5. The summed E-state index contributed by atoms with van der Waals surface area (Å²) in [6.45, 7) is 1.92. The number of hydrogen-bond donors (Lipinski definition) is 2. The number of carbonyl (C=O) groups excluding carboxylic acids is 1. The van der Waals surface area contributed by atoms with Crippen molar-refractivity contribution in [2.45, 2.75) is 11.8 Å². The number of nitrogens with two attached hydrogens (primary N) is 1. The Morgan fingerprint density at radius 1 is 1.57 bits per heavy atom. The number of carbonyl (C=O) groups is 1. The molecule has 1 aliphatic heterocycles. The fraction of sp³-hybridized carbons (Fsp3) is 0.300. The van der Waals surface area contributed by atoms with Gasteiger partial charge >= 0.3 is 0 Å². The standard InChI is InChI=1S/C10H12N2OS/c1-6-5-14-8-4-2-3-7(11)9(8)12-10(6)13/h2-4,6H,5,11H2,1H3,(H,12,13). The molecule has 1 unspecified atom stereocenters. The first-order chi connectivity index (χ1) is 6.68. The van der Waals surface area contributed by atoms with Crippen LogP contribution in [-0.2, 0) is 4.79 Å². The van der Waals surface area contributed by atoms with Gasteiger partial charge in [-0.2, -0.15) is 0 Å². The molecule has 1 aliphatic rings. The lowest BCUT2D eigenvalue weighted by Crippen LogP contribution is -2.20. The van der Waals surface area contributed by atoms with Gasteiger partial charge in [0.2, 0.25) is 5.91 Å². The number of hydrogen-bond acceptors (Lipinski definition) is 3. The highest BCUT2D eigenvalue weighted by atomic mass is 32.2. The van der Waals surface area contributed by atoms with Gasteiger partial charge in [-0.1, -0.05) is 13.0 Å². The van der Waals surface area contributed by atoms with Gasteiger partial charge in [0.1, 0.15) is 0 Å². The molecule has 0 saturated heterocycles. The Kier molecular flexibility index (Phi) is 2.37. The number of nitrogen functional groups attached to an aromatic ring is 1. The van der Waals surface area contributed by atoms with Gasteiger partial charge in [-0.3, -0.25) is 4.79 Å². The number of fused-ring (bicyclic) bond motifs is 1. The second kappa shape index (κ2) is 3.53. The van der Waals surface area contributed by atoms with Gasteiger partial charge in [-0.05, 0) is 12.1 Å². The zero-order valence-electron chi connectivity index (χ0n) is 7.91. The van der Waals surface area contributed by atoms with Crippen molar-refractivity contribution in [1.29, 1.82) is 0 Å². The number of amides is 1. The van der Waals surface area contributed by atoms with E-state index < -0.39 is 0 Å². The Balaban J connectivity index is 2.43. The Morgan fingerprint density at radius 3 is 3.14 bits per heavy atom. The predicted molar refractivity (Wildman–Crippen MR) is 59.4 cm³/mol. The van der Waals surface area contributed by atoms with Crippen molar-refractivity contribution < 1.29 is 4.79 Å². The first kappa shape index (κ1) is 9.40. The summed E-state index contributed by atoms with van der Waals surface area (Å²) in [5, 5.41) is 2.86. The van der Waals surface area contributed by atoms with Crippen LogP contribution in [0.5, 0.6) is 0 Å². The van der Waals surface area contributed by atoms with Crippen LogP contribution in [-0.4, -0.2) is 11.7 Å². The molecule has 1 aromatic rings. The van der Waals surface area contributed by atoms with Crippen LogP contribution in [0.4, 0.5) is 11.4 Å². The van der Waals surface area contributed by atoms with E-state index >= 15 is 0 Å². The highest BCUT2D eigenvalue weighted by Crippen LogP contribution is 2.35. The van der Waals surface area contributed by atoms with Crippen LogP contribution in [0.2, 0.25) is 0 Å². The number of rotatable bonds is 0. The van der Waals surface area contributed by atoms with E-state index in [1.54, 1.807) is 17.8 Å². The summed E-state index contributed by atoms with van der Waals surface area (Å²) in [7, 11) is 0. The third kappa shape index (κ3) is 1.57. The summed E-state index contributed by atoms with van der Waals surface area (Å²) < 4.78 is 0. The number of benzene rings is 1. The van der Waals surface area contributed by atoms with Gasteiger partial charge in [0.05, 0.1) is 11.4 Å². The van der Waals surface area contributed by atoms with Gasteiger partial charge in [0, 0.05) is 16.6 Å². The predicted octanol–water partition coefficient (Wildman–Crippen LogP) is 1.95. The van der Waals surface area contributed by atoms with Crippen molar-refractivity contribution in [2.24, 2.45) is 5.92 Å². The maximum Gasteiger partial charge on any atom is 0.228 e. The molecule has 0 aromatic heterocycles. The van der Waals surface area contributed by atoms with E-state index in [1.165, 1.54) is 0 Å². The van der Waals surface area contributed by atoms with Gasteiger partial charge < -0.3 is 11.1 Å². The normalized spacial score (nSPS) is 20.9. The Morgan fingerprint density at radius 2 is 2.36 bits per heavy atom. The molecule has 0 saturated carbocycles. The Hall–Kier alpha value is -1.16. The topological polar surface area (TPSA) is 55.1 Å². The SMILES string of the molecule is CC1CSc2cccc(N)c2NC1=O. The lowest BCUT2D eigenvalue weighted by atomic mass is 10.2. The van der Waals surface area contributed by atoms with Crippen LogP contribution >= 0.6 is 11.8 Å². The van der Waals surface area contributed by atoms with E-state index in [4.69, 9.17) is 5.73 Å². The summed E-state index contributed by atoms with van der Waals surface area (Å²) in [5.74, 6) is 0.892. The van der Waals surface area contributed by atoms with E-state index in [0.29, 0.717) is 5.69 Å². The summed E-state index contributed by atoms with van der Waals surface area (Å²) in [5.41, 5.74) is 7.20. The average molecular weight is 208 g/mol. The second-order valence-corrected chi connectivity index (χ2v) is 4.48. The molecule has 74 valence electrons. The molecule has 0 bridgehead atoms. The molecule has 0 aliphatic carbocycles. The summed E-state index contributed by atoms with van der Waals surface area (Å²) in [6.07, 6.45) is 0. The van der Waals surface area contributed by atoms with E-state index in [1.807, 2.05) is 19.1 Å². The number of para-hydroxylation sites is 1. The van der Waals surface area contributed by atoms with Crippen LogP contribution in [0.15, 0.2) is 23.1 Å². The molecule has 1 amide bonds. The van der Waals surface area contributed by atoms with Crippen molar-refractivity contribution in [1.82, 2.24) is 0 Å². The third-order valence-corrected chi connectivity index (χ3v) is 3.56. The molecule has 2 rings (SSSR count). The summed E-state index contributed by atoms with van der Waals surface area (Å²) in [6, 6.07) is 5.69. The highest BCUT2D eigenvalue weighted by Gasteiger charge is 2.20. The molecule has 0 spiro atoms. The van der Waals surface area contributed by atoms with Gasteiger partial charge in [0.25, 0.3) is 0 Å². The van der Waals surface area contributed by atoms with Crippen LogP contribution in [0, 0.1) is 5.92 Å². The number of anilines is 2. The van der Waals surface area contributed by atoms with E-state index in [2.05, 4.69) is 5.32 Å². The molecule has 14 heavy (non-hydrogen) atoms. The average Bonchev–Trinajstić information content (AvgIpc) is 2.30. The minimum Gasteiger partial charge on any atom is -0.397 e. The van der Waals surface area contributed by atoms with E-state index in [0.717, 1.165) is 16.3 Å². The zero-order valence-corrected chi connectivity index (χ0v) is 8.73. The quantitative estimate of drug-likeness (QED) is 0.641. The third-order valence-electron chi connectivity index (χ3n) is 2.24. The fourth-order valence-electron chi connectivity index (χ4n) is 1.34. The lowest BCUT2D eigenvalue weighted by molar-refractivity contribution is -0.118. The fourth-order valence-corrected chi connectivity index (χ4v) is 2.41. The molecular formula is C10H12N2OS. The Bertz CT molecular complexity index is 378. The molecular weight excluding hydrogens is 196 g/mol. The molecule has 4 heteroatoms. The molecule has 1 aromatic carbocycles. The van der Waals surface area contributed by atoms with Crippen molar-refractivity contribution >= 4 is 29.0 Å². The second-order valence-electron chi connectivity index (χ2n) is 3.42.